The molecule has 6 bridgehead atoms. The molecule has 4 heterocycles. The normalized spacial score (nSPS) is 21.4. The molecule has 0 aliphatic carbocycles. The summed E-state index contributed by atoms with van der Waals surface area (Å²) in [6.07, 6.45) is 8.71. The van der Waals surface area contributed by atoms with Crippen molar-refractivity contribution in [1.29, 1.82) is 0 Å². The lowest BCUT2D eigenvalue weighted by atomic mass is 10.3. The number of hydrogen-bond acceptors (Lipinski definition) is 6. The van der Waals surface area contributed by atoms with Crippen LogP contribution in [-0.4, -0.2) is 64.1 Å². The van der Waals surface area contributed by atoms with E-state index in [-0.39, 0.29) is 0 Å². The fraction of sp³-hybridized carbons (Fsp3) is 0.471. The molecule has 0 fully saturated rings. The summed E-state index contributed by atoms with van der Waals surface area (Å²) in [6, 6.07) is 6.37. The van der Waals surface area contributed by atoms with E-state index in [9.17, 15) is 0 Å². The molecule has 3 aliphatic rings. The van der Waals surface area contributed by atoms with Crippen LogP contribution in [0.5, 0.6) is 0 Å². The van der Waals surface area contributed by atoms with Crippen LogP contribution < -0.4 is 5.32 Å². The Morgan fingerprint density at radius 2 is 1.26 bits per heavy atom. The third-order valence-corrected chi connectivity index (χ3v) is 4.45. The summed E-state index contributed by atoms with van der Waals surface area (Å²) < 4.78 is 0. The van der Waals surface area contributed by atoms with Crippen molar-refractivity contribution >= 4 is 0 Å². The lowest BCUT2D eigenvalue weighted by molar-refractivity contribution is 0.244. The topological polar surface area (TPSA) is 37.9 Å². The quantitative estimate of drug-likeness (QED) is 0.763. The summed E-state index contributed by atoms with van der Waals surface area (Å²) in [5.41, 5.74) is 2.28. The Kier molecular flexibility index (Phi) is 4.06. The zero-order valence-electron chi connectivity index (χ0n) is 13.4. The second-order valence-corrected chi connectivity index (χ2v) is 6.37. The van der Waals surface area contributed by atoms with E-state index in [2.05, 4.69) is 67.9 Å². The molecule has 0 saturated heterocycles. The van der Waals surface area contributed by atoms with Crippen LogP contribution in [0.15, 0.2) is 43.0 Å². The molecule has 4 rings (SSSR count). The van der Waals surface area contributed by atoms with Gasteiger partial charge in [-0.2, -0.15) is 0 Å². The molecule has 6 nitrogen and oxygen atoms in total. The zero-order chi connectivity index (χ0) is 15.5. The molecule has 0 saturated carbocycles. The average Bonchev–Trinajstić information content (AvgIpc) is 3.16. The SMILES string of the molecule is C1=CN2Cc3cccc(n3)CN3C=CN(CCNCCN1C2)C3. The molecular formula is C17H24N6. The average molecular weight is 312 g/mol. The fourth-order valence-electron chi connectivity index (χ4n) is 3.22. The van der Waals surface area contributed by atoms with Crippen LogP contribution in [-0.2, 0) is 13.1 Å². The fourth-order valence-corrected chi connectivity index (χ4v) is 3.22. The van der Waals surface area contributed by atoms with Gasteiger partial charge in [-0.1, -0.05) is 6.07 Å². The van der Waals surface area contributed by atoms with E-state index >= 15 is 0 Å². The molecule has 0 unspecified atom stereocenters. The molecule has 122 valence electrons. The molecule has 0 amide bonds. The van der Waals surface area contributed by atoms with E-state index in [0.717, 1.165) is 64.0 Å². The minimum Gasteiger partial charge on any atom is -0.357 e. The van der Waals surface area contributed by atoms with Crippen molar-refractivity contribution in [2.75, 3.05) is 39.5 Å². The molecule has 0 atom stereocenters. The van der Waals surface area contributed by atoms with Gasteiger partial charge in [0.15, 0.2) is 0 Å². The molecule has 0 aromatic carbocycles. The minimum absolute atomic E-state index is 0.871. The standard InChI is InChI=1S/C17H24N6/c1-2-16-12-22-10-8-20(14-22)6-4-18-5-7-21-9-11-23(15-21)13-17(3-1)19-16/h1-3,8-11,18H,4-7,12-15H2. The van der Waals surface area contributed by atoms with Crippen molar-refractivity contribution in [2.45, 2.75) is 13.1 Å². The molecule has 1 aromatic heterocycles. The number of aromatic nitrogens is 1. The van der Waals surface area contributed by atoms with Crippen LogP contribution in [0.4, 0.5) is 0 Å². The molecule has 0 spiro atoms. The Bertz CT molecular complexity index is 551. The first kappa shape index (κ1) is 14.4. The second kappa shape index (κ2) is 6.50. The van der Waals surface area contributed by atoms with Crippen molar-refractivity contribution in [3.8, 4) is 0 Å². The highest BCUT2D eigenvalue weighted by atomic mass is 15.4. The van der Waals surface area contributed by atoms with Crippen molar-refractivity contribution < 1.29 is 0 Å². The number of rotatable bonds is 0. The predicted molar refractivity (Wildman–Crippen MR) is 89.6 cm³/mol. The van der Waals surface area contributed by atoms with Crippen LogP contribution in [0, 0.1) is 0 Å². The summed E-state index contributed by atoms with van der Waals surface area (Å²) in [6.45, 7) is 7.78. The third-order valence-electron chi connectivity index (χ3n) is 4.45. The highest BCUT2D eigenvalue weighted by Crippen LogP contribution is 2.14. The first-order valence-corrected chi connectivity index (χ1v) is 8.33. The summed E-state index contributed by atoms with van der Waals surface area (Å²) in [7, 11) is 0. The maximum absolute atomic E-state index is 4.84. The number of hydrogen-bond donors (Lipinski definition) is 1. The van der Waals surface area contributed by atoms with Crippen LogP contribution in [0.2, 0.25) is 0 Å². The largest absolute Gasteiger partial charge is 0.357 e. The molecule has 3 aliphatic heterocycles. The van der Waals surface area contributed by atoms with Crippen molar-refractivity contribution in [1.82, 2.24) is 29.9 Å². The lowest BCUT2D eigenvalue weighted by Crippen LogP contribution is -2.36. The number of nitrogens with zero attached hydrogens (tertiary/aromatic N) is 5. The molecule has 1 aromatic rings. The Balaban J connectivity index is 1.49. The molecule has 0 radical (unpaired) electrons. The number of nitrogens with one attached hydrogen (secondary N) is 1. The van der Waals surface area contributed by atoms with Crippen molar-refractivity contribution in [3.05, 3.63) is 54.4 Å². The van der Waals surface area contributed by atoms with Crippen LogP contribution >= 0.6 is 0 Å². The maximum atomic E-state index is 4.84. The zero-order valence-corrected chi connectivity index (χ0v) is 13.4. The smallest absolute Gasteiger partial charge is 0.0898 e. The Hall–Kier alpha value is -2.21. The van der Waals surface area contributed by atoms with Gasteiger partial charge in [0.05, 0.1) is 37.8 Å². The Morgan fingerprint density at radius 3 is 1.83 bits per heavy atom. The van der Waals surface area contributed by atoms with Gasteiger partial charge in [-0.15, -0.1) is 0 Å². The van der Waals surface area contributed by atoms with Crippen molar-refractivity contribution in [3.63, 3.8) is 0 Å². The van der Waals surface area contributed by atoms with Gasteiger partial charge in [0.25, 0.3) is 0 Å². The van der Waals surface area contributed by atoms with Gasteiger partial charge < -0.3 is 24.9 Å². The lowest BCUT2D eigenvalue weighted by Gasteiger charge is -2.24. The summed E-state index contributed by atoms with van der Waals surface area (Å²) >= 11 is 0. The number of fused-ring (bicyclic) bond motifs is 6. The van der Waals surface area contributed by atoms with Gasteiger partial charge in [0.1, 0.15) is 0 Å². The van der Waals surface area contributed by atoms with Crippen LogP contribution in [0.3, 0.4) is 0 Å². The molecule has 23 heavy (non-hydrogen) atoms. The van der Waals surface area contributed by atoms with Crippen LogP contribution in [0.25, 0.3) is 0 Å². The van der Waals surface area contributed by atoms with Crippen LogP contribution in [0.1, 0.15) is 11.4 Å². The third kappa shape index (κ3) is 3.59. The molecule has 1 N–H and O–H groups in total. The first-order chi connectivity index (χ1) is 11.3. The van der Waals surface area contributed by atoms with Gasteiger partial charge in [-0.3, -0.25) is 4.98 Å². The van der Waals surface area contributed by atoms with E-state index in [4.69, 9.17) is 4.98 Å². The second-order valence-electron chi connectivity index (χ2n) is 6.37. The van der Waals surface area contributed by atoms with E-state index in [1.807, 2.05) is 0 Å². The van der Waals surface area contributed by atoms with Gasteiger partial charge >= 0.3 is 0 Å². The Morgan fingerprint density at radius 1 is 0.739 bits per heavy atom. The maximum Gasteiger partial charge on any atom is 0.0898 e. The van der Waals surface area contributed by atoms with E-state index in [0.29, 0.717) is 0 Å². The molecule has 6 heteroatoms. The van der Waals surface area contributed by atoms with Gasteiger partial charge in [0, 0.05) is 51.0 Å². The Labute approximate surface area is 137 Å². The highest BCUT2D eigenvalue weighted by molar-refractivity contribution is 5.13. The monoisotopic (exact) mass is 312 g/mol. The van der Waals surface area contributed by atoms with Gasteiger partial charge in [-0.05, 0) is 12.1 Å². The van der Waals surface area contributed by atoms with Crippen molar-refractivity contribution in [2.24, 2.45) is 0 Å². The molecular weight excluding hydrogens is 288 g/mol. The van der Waals surface area contributed by atoms with E-state index < -0.39 is 0 Å². The van der Waals surface area contributed by atoms with Gasteiger partial charge in [0.2, 0.25) is 0 Å². The minimum atomic E-state index is 0.871. The van der Waals surface area contributed by atoms with Gasteiger partial charge in [-0.25, -0.2) is 0 Å². The summed E-state index contributed by atoms with van der Waals surface area (Å²) in [5, 5.41) is 3.54. The summed E-state index contributed by atoms with van der Waals surface area (Å²) in [4.78, 5) is 14.2. The highest BCUT2D eigenvalue weighted by Gasteiger charge is 2.15. The van der Waals surface area contributed by atoms with E-state index in [1.165, 1.54) is 0 Å². The predicted octanol–water partition coefficient (Wildman–Crippen LogP) is 0.777. The first-order valence-electron chi connectivity index (χ1n) is 8.33. The van der Waals surface area contributed by atoms with E-state index in [1.54, 1.807) is 0 Å². The number of pyridine rings is 1. The summed E-state index contributed by atoms with van der Waals surface area (Å²) in [5.74, 6) is 0.